The summed E-state index contributed by atoms with van der Waals surface area (Å²) in [6.45, 7) is 1.81. The van der Waals surface area contributed by atoms with E-state index in [0.717, 1.165) is 5.01 Å². The molecule has 0 unspecified atom stereocenters. The van der Waals surface area contributed by atoms with E-state index in [1.165, 1.54) is 16.2 Å². The quantitative estimate of drug-likeness (QED) is 0.501. The molecule has 0 N–H and O–H groups in total. The van der Waals surface area contributed by atoms with E-state index in [0.29, 0.717) is 5.13 Å². The number of carbonyl (C=O) groups excluding carboxylic acids is 1. The molecule has 1 aromatic heterocycles. The molecule has 1 rings (SSSR count). The average Bonchev–Trinajstić information content (AvgIpc) is 2.34. The van der Waals surface area contributed by atoms with Crippen molar-refractivity contribution in [2.45, 2.75) is 6.92 Å². The highest BCUT2D eigenvalue weighted by Gasteiger charge is 2.11. The summed E-state index contributed by atoms with van der Waals surface area (Å²) in [6.07, 6.45) is 0. The summed E-state index contributed by atoms with van der Waals surface area (Å²) in [7, 11) is 1.55. The van der Waals surface area contributed by atoms with Crippen LogP contribution in [0.3, 0.4) is 0 Å². The van der Waals surface area contributed by atoms with Crippen LogP contribution in [0.1, 0.15) is 5.01 Å². The third kappa shape index (κ3) is 1.87. The Balaban J connectivity index is 2.84. The number of anilines is 1. The van der Waals surface area contributed by atoms with Gasteiger partial charge >= 0.3 is 5.37 Å². The number of nitrogens with zero attached hydrogens (tertiary/aromatic N) is 3. The predicted molar refractivity (Wildman–Crippen MR) is 44.3 cm³/mol. The lowest BCUT2D eigenvalue weighted by molar-refractivity contribution is 0.265. The number of hydrogen-bond acceptors (Lipinski definition) is 4. The predicted octanol–water partition coefficient (Wildman–Crippen LogP) is 1.64. The molecule has 60 valence electrons. The Morgan fingerprint density at radius 2 is 2.27 bits per heavy atom. The molecule has 0 fully saturated rings. The van der Waals surface area contributed by atoms with Crippen molar-refractivity contribution >= 4 is 33.4 Å². The highest BCUT2D eigenvalue weighted by atomic mass is 35.5. The van der Waals surface area contributed by atoms with Gasteiger partial charge in [0, 0.05) is 7.05 Å². The van der Waals surface area contributed by atoms with Crippen LogP contribution in [0.5, 0.6) is 0 Å². The van der Waals surface area contributed by atoms with Crippen LogP contribution in [0.2, 0.25) is 0 Å². The molecule has 1 amide bonds. The van der Waals surface area contributed by atoms with Gasteiger partial charge in [0.1, 0.15) is 5.01 Å². The van der Waals surface area contributed by atoms with E-state index in [-0.39, 0.29) is 0 Å². The summed E-state index contributed by atoms with van der Waals surface area (Å²) >= 11 is 6.52. The summed E-state index contributed by atoms with van der Waals surface area (Å²) in [5, 5.41) is 8.23. The minimum Gasteiger partial charge on any atom is -0.276 e. The Morgan fingerprint density at radius 3 is 2.64 bits per heavy atom. The SMILES string of the molecule is Cc1nnc(N(C)C(=O)Cl)s1. The zero-order valence-electron chi connectivity index (χ0n) is 6.04. The van der Waals surface area contributed by atoms with E-state index in [4.69, 9.17) is 11.6 Å². The van der Waals surface area contributed by atoms with Crippen LogP contribution in [0.4, 0.5) is 9.93 Å². The number of halogens is 1. The molecule has 0 aliphatic rings. The molecular formula is C5H6ClN3OS. The summed E-state index contributed by atoms with van der Waals surface area (Å²) in [5.74, 6) is 0. The van der Waals surface area contributed by atoms with E-state index in [1.54, 1.807) is 7.05 Å². The number of aromatic nitrogens is 2. The molecule has 0 atom stereocenters. The number of amides is 1. The fraction of sp³-hybridized carbons (Fsp3) is 0.400. The number of hydrogen-bond donors (Lipinski definition) is 0. The highest BCUT2D eigenvalue weighted by molar-refractivity contribution is 7.15. The maximum Gasteiger partial charge on any atom is 0.322 e. The van der Waals surface area contributed by atoms with Crippen molar-refractivity contribution in [3.63, 3.8) is 0 Å². The first-order valence-corrected chi connectivity index (χ1v) is 4.04. The van der Waals surface area contributed by atoms with Crippen molar-refractivity contribution in [3.05, 3.63) is 5.01 Å². The van der Waals surface area contributed by atoms with E-state index < -0.39 is 5.37 Å². The molecule has 0 aliphatic carbocycles. The lowest BCUT2D eigenvalue weighted by atomic mass is 10.9. The lowest BCUT2D eigenvalue weighted by Crippen LogP contribution is -2.19. The third-order valence-electron chi connectivity index (χ3n) is 1.07. The van der Waals surface area contributed by atoms with Crippen LogP contribution in [0.15, 0.2) is 0 Å². The minimum absolute atomic E-state index is 0.516. The molecular weight excluding hydrogens is 186 g/mol. The number of carbonyl (C=O) groups is 1. The van der Waals surface area contributed by atoms with Gasteiger partial charge in [-0.3, -0.25) is 9.69 Å². The first-order chi connectivity index (χ1) is 5.11. The molecule has 4 nitrogen and oxygen atoms in total. The molecule has 0 aromatic carbocycles. The monoisotopic (exact) mass is 191 g/mol. The number of rotatable bonds is 1. The number of aryl methyl sites for hydroxylation is 1. The van der Waals surface area contributed by atoms with Gasteiger partial charge in [0.15, 0.2) is 0 Å². The van der Waals surface area contributed by atoms with Crippen molar-refractivity contribution in [2.24, 2.45) is 0 Å². The summed E-state index contributed by atoms with van der Waals surface area (Å²) in [6, 6.07) is 0. The smallest absolute Gasteiger partial charge is 0.276 e. The molecule has 0 spiro atoms. The zero-order valence-corrected chi connectivity index (χ0v) is 7.61. The van der Waals surface area contributed by atoms with E-state index in [2.05, 4.69) is 10.2 Å². The highest BCUT2D eigenvalue weighted by Crippen LogP contribution is 2.18. The van der Waals surface area contributed by atoms with Crippen LogP contribution in [0.25, 0.3) is 0 Å². The summed E-state index contributed by atoms with van der Waals surface area (Å²) in [5.41, 5.74) is 0. The van der Waals surface area contributed by atoms with Gasteiger partial charge in [0.2, 0.25) is 5.13 Å². The molecule has 0 saturated heterocycles. The van der Waals surface area contributed by atoms with E-state index in [9.17, 15) is 4.79 Å². The zero-order chi connectivity index (χ0) is 8.43. The molecule has 0 saturated carbocycles. The maximum atomic E-state index is 10.6. The second-order valence-corrected chi connectivity index (χ2v) is 3.40. The summed E-state index contributed by atoms with van der Waals surface area (Å²) < 4.78 is 0. The second-order valence-electron chi connectivity index (χ2n) is 1.92. The van der Waals surface area contributed by atoms with E-state index >= 15 is 0 Å². The Labute approximate surface area is 72.8 Å². The summed E-state index contributed by atoms with van der Waals surface area (Å²) in [4.78, 5) is 11.8. The average molecular weight is 192 g/mol. The Morgan fingerprint density at radius 1 is 1.64 bits per heavy atom. The van der Waals surface area contributed by atoms with Gasteiger partial charge in [-0.25, -0.2) is 0 Å². The van der Waals surface area contributed by atoms with Crippen molar-refractivity contribution in [1.29, 1.82) is 0 Å². The Hall–Kier alpha value is -0.680. The lowest BCUT2D eigenvalue weighted by Gasteiger charge is -2.05. The molecule has 0 bridgehead atoms. The molecule has 1 aromatic rings. The first-order valence-electron chi connectivity index (χ1n) is 2.84. The van der Waals surface area contributed by atoms with Gasteiger partial charge in [-0.2, -0.15) is 0 Å². The third-order valence-corrected chi connectivity index (χ3v) is 2.23. The van der Waals surface area contributed by atoms with Crippen molar-refractivity contribution in [3.8, 4) is 0 Å². The van der Waals surface area contributed by atoms with Crippen LogP contribution in [-0.4, -0.2) is 22.6 Å². The van der Waals surface area contributed by atoms with Gasteiger partial charge in [-0.05, 0) is 18.5 Å². The van der Waals surface area contributed by atoms with Crippen LogP contribution in [0, 0.1) is 6.92 Å². The molecule has 11 heavy (non-hydrogen) atoms. The molecule has 0 radical (unpaired) electrons. The van der Waals surface area contributed by atoms with Crippen molar-refractivity contribution in [1.82, 2.24) is 10.2 Å². The minimum atomic E-state index is -0.554. The van der Waals surface area contributed by atoms with Crippen LogP contribution >= 0.6 is 22.9 Å². The maximum absolute atomic E-state index is 10.6. The molecule has 0 aliphatic heterocycles. The van der Waals surface area contributed by atoms with Crippen molar-refractivity contribution in [2.75, 3.05) is 11.9 Å². The van der Waals surface area contributed by atoms with Crippen LogP contribution < -0.4 is 4.90 Å². The van der Waals surface area contributed by atoms with Gasteiger partial charge in [-0.15, -0.1) is 10.2 Å². The van der Waals surface area contributed by atoms with E-state index in [1.807, 2.05) is 6.92 Å². The van der Waals surface area contributed by atoms with Crippen molar-refractivity contribution < 1.29 is 4.79 Å². The topological polar surface area (TPSA) is 46.1 Å². The van der Waals surface area contributed by atoms with Crippen LogP contribution in [-0.2, 0) is 0 Å². The van der Waals surface area contributed by atoms with Gasteiger partial charge < -0.3 is 0 Å². The molecule has 1 heterocycles. The normalized spacial score (nSPS) is 9.73. The fourth-order valence-electron chi connectivity index (χ4n) is 0.497. The molecule has 6 heteroatoms. The fourth-order valence-corrected chi connectivity index (χ4v) is 1.27. The standard InChI is InChI=1S/C5H6ClN3OS/c1-3-7-8-5(11-3)9(2)4(6)10/h1-2H3. The first kappa shape index (κ1) is 8.42. The Bertz CT molecular complexity index is 274. The Kier molecular flexibility index (Phi) is 2.41. The second kappa shape index (κ2) is 3.15. The van der Waals surface area contributed by atoms with Gasteiger partial charge in [-0.1, -0.05) is 11.3 Å². The van der Waals surface area contributed by atoms with Gasteiger partial charge in [0.05, 0.1) is 0 Å². The van der Waals surface area contributed by atoms with Gasteiger partial charge in [0.25, 0.3) is 0 Å². The largest absolute Gasteiger partial charge is 0.322 e.